The van der Waals surface area contributed by atoms with E-state index in [4.69, 9.17) is 11.6 Å². The third kappa shape index (κ3) is 6.07. The molecule has 0 saturated carbocycles. The molecule has 0 atom stereocenters. The van der Waals surface area contributed by atoms with Crippen LogP contribution in [0.4, 0.5) is 5.82 Å². The van der Waals surface area contributed by atoms with Crippen molar-refractivity contribution in [2.24, 2.45) is 0 Å². The predicted molar refractivity (Wildman–Crippen MR) is 84.2 cm³/mol. The van der Waals surface area contributed by atoms with Crippen molar-refractivity contribution in [2.45, 2.75) is 26.4 Å². The number of sulfone groups is 1. The average molecular weight is 320 g/mol. The molecule has 1 rings (SSSR count). The highest BCUT2D eigenvalue weighted by atomic mass is 35.5. The molecule has 0 aliphatic rings. The number of hydrogen-bond acceptors (Lipinski definition) is 5. The number of anilines is 1. The molecule has 0 bridgehead atoms. The van der Waals surface area contributed by atoms with Crippen molar-refractivity contribution in [3.05, 3.63) is 22.8 Å². The molecule has 1 heterocycles. The fourth-order valence-corrected chi connectivity index (χ4v) is 2.52. The lowest BCUT2D eigenvalue weighted by atomic mass is 10.2. The second-order valence-electron chi connectivity index (χ2n) is 5.24. The normalized spacial score (nSPS) is 11.9. The van der Waals surface area contributed by atoms with Crippen LogP contribution in [0.1, 0.15) is 19.4 Å². The van der Waals surface area contributed by atoms with Crippen LogP contribution in [0.3, 0.4) is 0 Å². The van der Waals surface area contributed by atoms with Gasteiger partial charge in [0.05, 0.1) is 10.8 Å². The Morgan fingerprint density at radius 2 is 2.10 bits per heavy atom. The number of pyridine rings is 1. The molecule has 7 heteroatoms. The molecule has 0 fully saturated rings. The van der Waals surface area contributed by atoms with Crippen molar-refractivity contribution >= 4 is 27.3 Å². The fraction of sp³-hybridized carbons (Fsp3) is 0.615. The zero-order valence-electron chi connectivity index (χ0n) is 12.4. The van der Waals surface area contributed by atoms with E-state index in [1.165, 1.54) is 6.26 Å². The van der Waals surface area contributed by atoms with E-state index >= 15 is 0 Å². The highest BCUT2D eigenvalue weighted by molar-refractivity contribution is 7.90. The Morgan fingerprint density at radius 3 is 2.60 bits per heavy atom. The van der Waals surface area contributed by atoms with Crippen molar-refractivity contribution < 1.29 is 8.42 Å². The van der Waals surface area contributed by atoms with Crippen LogP contribution >= 0.6 is 11.6 Å². The van der Waals surface area contributed by atoms with Gasteiger partial charge in [-0.2, -0.15) is 0 Å². The van der Waals surface area contributed by atoms with E-state index in [0.29, 0.717) is 30.0 Å². The molecule has 0 radical (unpaired) electrons. The van der Waals surface area contributed by atoms with Gasteiger partial charge in [-0.05, 0) is 11.6 Å². The van der Waals surface area contributed by atoms with Gasteiger partial charge in [0.1, 0.15) is 15.7 Å². The van der Waals surface area contributed by atoms with E-state index < -0.39 is 9.84 Å². The summed E-state index contributed by atoms with van der Waals surface area (Å²) in [6.45, 7) is 5.22. The number of halogens is 1. The lowest BCUT2D eigenvalue weighted by molar-refractivity contribution is 0.588. The minimum Gasteiger partial charge on any atom is -0.357 e. The van der Waals surface area contributed by atoms with E-state index in [0.717, 1.165) is 5.56 Å². The maximum atomic E-state index is 11.2. The van der Waals surface area contributed by atoms with Crippen LogP contribution in [0.15, 0.2) is 12.3 Å². The smallest absolute Gasteiger partial charge is 0.149 e. The number of hydrogen-bond donors (Lipinski definition) is 1. The largest absolute Gasteiger partial charge is 0.357 e. The Balaban J connectivity index is 2.72. The first-order valence-electron chi connectivity index (χ1n) is 6.45. The minimum absolute atomic E-state index is 0.0815. The van der Waals surface area contributed by atoms with Crippen molar-refractivity contribution in [3.63, 3.8) is 0 Å². The second-order valence-corrected chi connectivity index (χ2v) is 7.90. The van der Waals surface area contributed by atoms with Gasteiger partial charge >= 0.3 is 0 Å². The molecule has 114 valence electrons. The highest BCUT2D eigenvalue weighted by Crippen LogP contribution is 2.23. The zero-order valence-corrected chi connectivity index (χ0v) is 13.9. The predicted octanol–water partition coefficient (Wildman–Crippen LogP) is 1.71. The van der Waals surface area contributed by atoms with Gasteiger partial charge in [0.15, 0.2) is 0 Å². The Morgan fingerprint density at radius 1 is 1.45 bits per heavy atom. The third-order valence-electron chi connectivity index (χ3n) is 2.75. The summed E-state index contributed by atoms with van der Waals surface area (Å²) < 4.78 is 22.3. The summed E-state index contributed by atoms with van der Waals surface area (Å²) in [6, 6.07) is 2.25. The number of nitrogens with one attached hydrogen (secondary N) is 1. The topological polar surface area (TPSA) is 62.3 Å². The maximum absolute atomic E-state index is 11.2. The SMILES string of the molecule is CC(C)NCc1cnc(N(C)CCS(C)(=O)=O)c(Cl)c1. The molecule has 1 aromatic rings. The molecule has 20 heavy (non-hydrogen) atoms. The summed E-state index contributed by atoms with van der Waals surface area (Å²) >= 11 is 6.21. The molecule has 5 nitrogen and oxygen atoms in total. The first-order chi connectivity index (χ1) is 9.19. The average Bonchev–Trinajstić information content (AvgIpc) is 2.32. The molecule has 1 N–H and O–H groups in total. The van der Waals surface area contributed by atoms with Crippen LogP contribution in [0.25, 0.3) is 0 Å². The van der Waals surface area contributed by atoms with Gasteiger partial charge in [-0.25, -0.2) is 13.4 Å². The summed E-state index contributed by atoms with van der Waals surface area (Å²) in [5.41, 5.74) is 1.00. The number of nitrogens with zero attached hydrogens (tertiary/aromatic N) is 2. The van der Waals surface area contributed by atoms with Crippen molar-refractivity contribution in [1.29, 1.82) is 0 Å². The zero-order chi connectivity index (χ0) is 15.3. The number of rotatable bonds is 7. The first-order valence-corrected chi connectivity index (χ1v) is 8.89. The second kappa shape index (κ2) is 7.24. The molecular formula is C13H22ClN3O2S. The molecule has 0 aromatic carbocycles. The number of aromatic nitrogens is 1. The van der Waals surface area contributed by atoms with Gasteiger partial charge in [-0.15, -0.1) is 0 Å². The van der Waals surface area contributed by atoms with Crippen LogP contribution in [-0.4, -0.2) is 45.0 Å². The summed E-state index contributed by atoms with van der Waals surface area (Å²) in [6.07, 6.45) is 2.98. The fourth-order valence-electron chi connectivity index (χ4n) is 1.58. The summed E-state index contributed by atoms with van der Waals surface area (Å²) in [4.78, 5) is 6.07. The molecule has 0 aliphatic heterocycles. The Hall–Kier alpha value is -0.850. The quantitative estimate of drug-likeness (QED) is 0.829. The molecule has 1 aromatic heterocycles. The Bertz CT molecular complexity index is 547. The lowest BCUT2D eigenvalue weighted by Crippen LogP contribution is -2.26. The summed E-state index contributed by atoms with van der Waals surface area (Å²) in [5, 5.41) is 3.82. The lowest BCUT2D eigenvalue weighted by Gasteiger charge is -2.19. The summed E-state index contributed by atoms with van der Waals surface area (Å²) in [5.74, 6) is 0.682. The summed E-state index contributed by atoms with van der Waals surface area (Å²) in [7, 11) is -1.21. The van der Waals surface area contributed by atoms with Gasteiger partial charge in [0.25, 0.3) is 0 Å². The van der Waals surface area contributed by atoms with Gasteiger partial charge in [-0.1, -0.05) is 25.4 Å². The van der Waals surface area contributed by atoms with Crippen LogP contribution in [-0.2, 0) is 16.4 Å². The standard InChI is InChI=1S/C13H22ClN3O2S/c1-10(2)15-8-11-7-12(14)13(16-9-11)17(3)5-6-20(4,18)19/h7,9-10,15H,5-6,8H2,1-4H3. The molecule has 0 aliphatic carbocycles. The third-order valence-corrected chi connectivity index (χ3v) is 3.95. The molecule has 0 spiro atoms. The minimum atomic E-state index is -2.99. The van der Waals surface area contributed by atoms with Crippen molar-refractivity contribution in [1.82, 2.24) is 10.3 Å². The Kier molecular flexibility index (Phi) is 6.23. The van der Waals surface area contributed by atoms with Crippen LogP contribution in [0.5, 0.6) is 0 Å². The van der Waals surface area contributed by atoms with Crippen molar-refractivity contribution in [3.8, 4) is 0 Å². The first kappa shape index (κ1) is 17.2. The van der Waals surface area contributed by atoms with Gasteiger partial charge < -0.3 is 10.2 Å². The van der Waals surface area contributed by atoms with E-state index in [1.807, 2.05) is 6.07 Å². The van der Waals surface area contributed by atoms with E-state index in [-0.39, 0.29) is 5.75 Å². The van der Waals surface area contributed by atoms with Gasteiger partial charge in [0, 0.05) is 38.6 Å². The van der Waals surface area contributed by atoms with Gasteiger partial charge in [-0.3, -0.25) is 0 Å². The monoisotopic (exact) mass is 319 g/mol. The Labute approximate surface area is 126 Å². The molecule has 0 saturated heterocycles. The molecule has 0 unspecified atom stereocenters. The van der Waals surface area contributed by atoms with Crippen LogP contribution < -0.4 is 10.2 Å². The molecule has 0 amide bonds. The molecular weight excluding hydrogens is 298 g/mol. The van der Waals surface area contributed by atoms with E-state index in [2.05, 4.69) is 24.1 Å². The maximum Gasteiger partial charge on any atom is 0.149 e. The van der Waals surface area contributed by atoms with Gasteiger partial charge in [0.2, 0.25) is 0 Å². The van der Waals surface area contributed by atoms with Crippen LogP contribution in [0.2, 0.25) is 5.02 Å². The van der Waals surface area contributed by atoms with E-state index in [1.54, 1.807) is 18.1 Å². The highest BCUT2D eigenvalue weighted by Gasteiger charge is 2.11. The van der Waals surface area contributed by atoms with Crippen LogP contribution in [0, 0.1) is 0 Å². The van der Waals surface area contributed by atoms with Crippen molar-refractivity contribution in [2.75, 3.05) is 30.5 Å². The van der Waals surface area contributed by atoms with E-state index in [9.17, 15) is 8.42 Å².